The number of anilines is 1. The van der Waals surface area contributed by atoms with Crippen molar-refractivity contribution < 1.29 is 0 Å². The standard InChI is InChI=1S/C17H25N3S/c1-4-20(13-16-6-5-9-21-16)17-12-18-8-7-15(17)11-19-10-14(2)3/h5-9,12,14,19H,4,10-11,13H2,1-3H3. The highest BCUT2D eigenvalue weighted by atomic mass is 32.1. The predicted molar refractivity (Wildman–Crippen MR) is 91.8 cm³/mol. The summed E-state index contributed by atoms with van der Waals surface area (Å²) >= 11 is 1.81. The monoisotopic (exact) mass is 303 g/mol. The first-order chi connectivity index (χ1) is 10.2. The fourth-order valence-corrected chi connectivity index (χ4v) is 3.02. The summed E-state index contributed by atoms with van der Waals surface area (Å²) in [5, 5.41) is 5.66. The second-order valence-corrected chi connectivity index (χ2v) is 6.65. The molecule has 0 bridgehead atoms. The number of rotatable bonds is 8. The van der Waals surface area contributed by atoms with Gasteiger partial charge in [-0.15, -0.1) is 11.3 Å². The molecule has 3 nitrogen and oxygen atoms in total. The summed E-state index contributed by atoms with van der Waals surface area (Å²) in [6, 6.07) is 6.43. The molecule has 0 saturated heterocycles. The quantitative estimate of drug-likeness (QED) is 0.801. The summed E-state index contributed by atoms with van der Waals surface area (Å²) in [7, 11) is 0. The average Bonchev–Trinajstić information content (AvgIpc) is 2.98. The maximum Gasteiger partial charge on any atom is 0.0601 e. The second-order valence-electron chi connectivity index (χ2n) is 5.62. The van der Waals surface area contributed by atoms with E-state index in [1.165, 1.54) is 16.1 Å². The Kier molecular flexibility index (Phi) is 6.21. The second kappa shape index (κ2) is 8.15. The van der Waals surface area contributed by atoms with E-state index in [1.54, 1.807) is 0 Å². The molecule has 0 amide bonds. The van der Waals surface area contributed by atoms with E-state index in [0.29, 0.717) is 5.92 Å². The lowest BCUT2D eigenvalue weighted by atomic mass is 10.1. The molecule has 0 aliphatic heterocycles. The van der Waals surface area contributed by atoms with Crippen molar-refractivity contribution in [2.45, 2.75) is 33.9 Å². The van der Waals surface area contributed by atoms with E-state index in [9.17, 15) is 0 Å². The topological polar surface area (TPSA) is 28.2 Å². The van der Waals surface area contributed by atoms with Crippen LogP contribution in [0.15, 0.2) is 36.0 Å². The van der Waals surface area contributed by atoms with Crippen LogP contribution in [0.25, 0.3) is 0 Å². The minimum Gasteiger partial charge on any atom is -0.365 e. The van der Waals surface area contributed by atoms with Crippen molar-refractivity contribution in [3.05, 3.63) is 46.4 Å². The molecule has 2 heterocycles. The Bertz CT molecular complexity index is 523. The summed E-state index contributed by atoms with van der Waals surface area (Å²) in [4.78, 5) is 8.11. The minimum atomic E-state index is 0.670. The Hall–Kier alpha value is -1.39. The Balaban J connectivity index is 2.09. The molecule has 0 saturated carbocycles. The highest BCUT2D eigenvalue weighted by molar-refractivity contribution is 7.09. The van der Waals surface area contributed by atoms with Gasteiger partial charge < -0.3 is 10.2 Å². The Morgan fingerprint density at radius 1 is 1.33 bits per heavy atom. The van der Waals surface area contributed by atoms with Gasteiger partial charge in [-0.05, 0) is 42.5 Å². The van der Waals surface area contributed by atoms with Crippen molar-refractivity contribution in [1.29, 1.82) is 0 Å². The van der Waals surface area contributed by atoms with Gasteiger partial charge in [-0.3, -0.25) is 4.98 Å². The van der Waals surface area contributed by atoms with Crippen molar-refractivity contribution in [1.82, 2.24) is 10.3 Å². The number of nitrogens with zero attached hydrogens (tertiary/aromatic N) is 2. The largest absolute Gasteiger partial charge is 0.365 e. The van der Waals surface area contributed by atoms with E-state index < -0.39 is 0 Å². The van der Waals surface area contributed by atoms with Gasteiger partial charge in [-0.25, -0.2) is 0 Å². The number of hydrogen-bond donors (Lipinski definition) is 1. The van der Waals surface area contributed by atoms with Crippen LogP contribution in [0.3, 0.4) is 0 Å². The van der Waals surface area contributed by atoms with Gasteiger partial charge in [-0.1, -0.05) is 19.9 Å². The first kappa shape index (κ1) is 16.0. The lowest BCUT2D eigenvalue weighted by Gasteiger charge is -2.25. The summed E-state index contributed by atoms with van der Waals surface area (Å²) in [6.45, 7) is 10.5. The van der Waals surface area contributed by atoms with Gasteiger partial charge in [0.15, 0.2) is 0 Å². The molecule has 1 N–H and O–H groups in total. The zero-order chi connectivity index (χ0) is 15.1. The molecule has 114 valence electrons. The lowest BCUT2D eigenvalue weighted by Crippen LogP contribution is -2.25. The molecule has 0 aliphatic rings. The molecular formula is C17H25N3S. The third-order valence-corrected chi connectivity index (χ3v) is 4.27. The van der Waals surface area contributed by atoms with Crippen LogP contribution in [-0.2, 0) is 13.1 Å². The lowest BCUT2D eigenvalue weighted by molar-refractivity contribution is 0.551. The Labute approximate surface area is 132 Å². The maximum absolute atomic E-state index is 4.32. The van der Waals surface area contributed by atoms with Crippen LogP contribution in [-0.4, -0.2) is 18.1 Å². The first-order valence-electron chi connectivity index (χ1n) is 7.61. The molecule has 0 fully saturated rings. The van der Waals surface area contributed by atoms with Gasteiger partial charge in [0.1, 0.15) is 0 Å². The molecule has 0 spiro atoms. The van der Waals surface area contributed by atoms with Crippen LogP contribution >= 0.6 is 11.3 Å². The fourth-order valence-electron chi connectivity index (χ4n) is 2.30. The fraction of sp³-hybridized carbons (Fsp3) is 0.471. The molecule has 2 rings (SSSR count). The zero-order valence-electron chi connectivity index (χ0n) is 13.2. The Morgan fingerprint density at radius 3 is 2.86 bits per heavy atom. The van der Waals surface area contributed by atoms with Crippen molar-refractivity contribution in [3.8, 4) is 0 Å². The number of hydrogen-bond acceptors (Lipinski definition) is 4. The molecule has 4 heteroatoms. The molecule has 2 aromatic heterocycles. The smallest absolute Gasteiger partial charge is 0.0601 e. The first-order valence-corrected chi connectivity index (χ1v) is 8.49. The van der Waals surface area contributed by atoms with Crippen molar-refractivity contribution in [2.24, 2.45) is 5.92 Å². The van der Waals surface area contributed by atoms with Gasteiger partial charge in [0.2, 0.25) is 0 Å². The maximum atomic E-state index is 4.32. The number of pyridine rings is 1. The van der Waals surface area contributed by atoms with E-state index in [-0.39, 0.29) is 0 Å². The van der Waals surface area contributed by atoms with Crippen LogP contribution in [0.4, 0.5) is 5.69 Å². The van der Waals surface area contributed by atoms with Crippen LogP contribution < -0.4 is 10.2 Å². The molecule has 0 aromatic carbocycles. The number of thiophene rings is 1. The van der Waals surface area contributed by atoms with Gasteiger partial charge in [0.25, 0.3) is 0 Å². The Morgan fingerprint density at radius 2 is 2.19 bits per heavy atom. The normalized spacial score (nSPS) is 11.0. The molecule has 2 aromatic rings. The summed E-state index contributed by atoms with van der Waals surface area (Å²) in [5.74, 6) is 0.670. The molecule has 0 atom stereocenters. The third kappa shape index (κ3) is 4.83. The molecule has 0 aliphatic carbocycles. The molecule has 0 radical (unpaired) electrons. The van der Waals surface area contributed by atoms with E-state index in [1.807, 2.05) is 23.7 Å². The van der Waals surface area contributed by atoms with E-state index in [0.717, 1.165) is 26.2 Å². The summed E-state index contributed by atoms with van der Waals surface area (Å²) in [5.41, 5.74) is 2.56. The van der Waals surface area contributed by atoms with Gasteiger partial charge in [-0.2, -0.15) is 0 Å². The van der Waals surface area contributed by atoms with Crippen LogP contribution in [0, 0.1) is 5.92 Å². The molecule has 21 heavy (non-hydrogen) atoms. The van der Waals surface area contributed by atoms with Crippen molar-refractivity contribution >= 4 is 17.0 Å². The summed E-state index contributed by atoms with van der Waals surface area (Å²) in [6.07, 6.45) is 3.87. The highest BCUT2D eigenvalue weighted by Crippen LogP contribution is 2.22. The highest BCUT2D eigenvalue weighted by Gasteiger charge is 2.11. The van der Waals surface area contributed by atoms with Crippen LogP contribution in [0.5, 0.6) is 0 Å². The third-order valence-electron chi connectivity index (χ3n) is 3.40. The van der Waals surface area contributed by atoms with Crippen LogP contribution in [0.1, 0.15) is 31.2 Å². The van der Waals surface area contributed by atoms with Crippen molar-refractivity contribution in [3.63, 3.8) is 0 Å². The SMILES string of the molecule is CCN(Cc1cccs1)c1cnccc1CNCC(C)C. The van der Waals surface area contributed by atoms with E-state index >= 15 is 0 Å². The average molecular weight is 303 g/mol. The number of aromatic nitrogens is 1. The van der Waals surface area contributed by atoms with E-state index in [4.69, 9.17) is 0 Å². The minimum absolute atomic E-state index is 0.670. The van der Waals surface area contributed by atoms with E-state index in [2.05, 4.69) is 59.6 Å². The van der Waals surface area contributed by atoms with Gasteiger partial charge in [0, 0.05) is 24.2 Å². The molecular weight excluding hydrogens is 278 g/mol. The number of nitrogens with one attached hydrogen (secondary N) is 1. The van der Waals surface area contributed by atoms with Crippen LogP contribution in [0.2, 0.25) is 0 Å². The van der Waals surface area contributed by atoms with Gasteiger partial charge >= 0.3 is 0 Å². The van der Waals surface area contributed by atoms with Gasteiger partial charge in [0.05, 0.1) is 18.4 Å². The predicted octanol–water partition coefficient (Wildman–Crippen LogP) is 3.92. The van der Waals surface area contributed by atoms with Crippen molar-refractivity contribution in [2.75, 3.05) is 18.0 Å². The molecule has 0 unspecified atom stereocenters. The summed E-state index contributed by atoms with van der Waals surface area (Å²) < 4.78 is 0. The zero-order valence-corrected chi connectivity index (χ0v) is 14.0.